The van der Waals surface area contributed by atoms with Crippen molar-refractivity contribution in [2.24, 2.45) is 0 Å². The van der Waals surface area contributed by atoms with Gasteiger partial charge in [0, 0.05) is 44.2 Å². The molecule has 0 atom stereocenters. The molecule has 0 radical (unpaired) electrons. The maximum Gasteiger partial charge on any atom is 0.164 e. The first-order valence-electron chi connectivity index (χ1n) is 18.3. The fraction of sp³-hybridized carbons (Fsp3) is 0. The third kappa shape index (κ3) is 6.02. The van der Waals surface area contributed by atoms with Gasteiger partial charge >= 0.3 is 0 Å². The second kappa shape index (κ2) is 13.8. The van der Waals surface area contributed by atoms with Crippen molar-refractivity contribution in [1.82, 2.24) is 29.5 Å². The summed E-state index contributed by atoms with van der Waals surface area (Å²) in [5.74, 6) is 2.44. The molecule has 0 unspecified atom stereocenters. The lowest BCUT2D eigenvalue weighted by Crippen LogP contribution is -2.03. The third-order valence-electron chi connectivity index (χ3n) is 9.88. The maximum atomic E-state index is 5.32. The van der Waals surface area contributed by atoms with Gasteiger partial charge in [-0.25, -0.2) is 24.9 Å². The van der Waals surface area contributed by atoms with E-state index in [0.29, 0.717) is 23.3 Å². The summed E-state index contributed by atoms with van der Waals surface area (Å²) >= 11 is 0. The molecule has 6 nitrogen and oxygen atoms in total. The predicted octanol–water partition coefficient (Wildman–Crippen LogP) is 11.8. The average molecular weight is 705 g/mol. The van der Waals surface area contributed by atoms with Gasteiger partial charge in [-0.1, -0.05) is 158 Å². The largest absolute Gasteiger partial charge is 0.309 e. The fourth-order valence-electron chi connectivity index (χ4n) is 7.25. The van der Waals surface area contributed by atoms with E-state index in [4.69, 9.17) is 24.9 Å². The summed E-state index contributed by atoms with van der Waals surface area (Å²) in [5.41, 5.74) is 10.4. The van der Waals surface area contributed by atoms with Crippen LogP contribution in [0.1, 0.15) is 0 Å². The second-order valence-corrected chi connectivity index (χ2v) is 13.3. The van der Waals surface area contributed by atoms with Crippen LogP contribution in [0.2, 0.25) is 0 Å². The van der Waals surface area contributed by atoms with Gasteiger partial charge in [0.1, 0.15) is 0 Å². The van der Waals surface area contributed by atoms with E-state index in [-0.39, 0.29) is 0 Å². The minimum Gasteiger partial charge on any atom is -0.309 e. The molecule has 0 fully saturated rings. The van der Waals surface area contributed by atoms with E-state index in [1.54, 1.807) is 0 Å². The molecule has 6 heteroatoms. The van der Waals surface area contributed by atoms with Crippen molar-refractivity contribution in [2.75, 3.05) is 0 Å². The van der Waals surface area contributed by atoms with Crippen molar-refractivity contribution < 1.29 is 0 Å². The molecule has 3 heterocycles. The Hall–Kier alpha value is -7.57. The van der Waals surface area contributed by atoms with Crippen molar-refractivity contribution >= 4 is 21.8 Å². The normalized spacial score (nSPS) is 11.3. The van der Waals surface area contributed by atoms with Gasteiger partial charge < -0.3 is 4.57 Å². The summed E-state index contributed by atoms with van der Waals surface area (Å²) in [6.45, 7) is 0. The van der Waals surface area contributed by atoms with Crippen molar-refractivity contribution in [2.45, 2.75) is 0 Å². The second-order valence-electron chi connectivity index (χ2n) is 13.3. The quantitative estimate of drug-likeness (QED) is 0.165. The minimum absolute atomic E-state index is 0.573. The Morgan fingerprint density at radius 1 is 0.291 bits per heavy atom. The van der Waals surface area contributed by atoms with E-state index < -0.39 is 0 Å². The Bertz CT molecular complexity index is 2790. The number of rotatable bonds is 7. The van der Waals surface area contributed by atoms with E-state index in [1.807, 2.05) is 97.1 Å². The third-order valence-corrected chi connectivity index (χ3v) is 9.88. The lowest BCUT2D eigenvalue weighted by atomic mass is 10.0. The van der Waals surface area contributed by atoms with Crippen LogP contribution in [0.3, 0.4) is 0 Å². The minimum atomic E-state index is 0.573. The Morgan fingerprint density at radius 3 is 1.20 bits per heavy atom. The van der Waals surface area contributed by atoms with E-state index in [9.17, 15) is 0 Å². The van der Waals surface area contributed by atoms with Crippen LogP contribution in [0.4, 0.5) is 0 Å². The van der Waals surface area contributed by atoms with Gasteiger partial charge in [-0.2, -0.15) is 0 Å². The highest BCUT2D eigenvalue weighted by Gasteiger charge is 2.21. The monoisotopic (exact) mass is 704 g/mol. The van der Waals surface area contributed by atoms with E-state index in [0.717, 1.165) is 61.5 Å². The van der Waals surface area contributed by atoms with Crippen LogP contribution in [0.5, 0.6) is 0 Å². The lowest BCUT2D eigenvalue weighted by Gasteiger charge is -2.17. The van der Waals surface area contributed by atoms with E-state index in [1.165, 1.54) is 10.8 Å². The first kappa shape index (κ1) is 32.1. The molecule has 0 bridgehead atoms. The Kier molecular flexibility index (Phi) is 8.04. The average Bonchev–Trinajstić information content (AvgIpc) is 3.61. The molecule has 55 heavy (non-hydrogen) atoms. The van der Waals surface area contributed by atoms with Crippen LogP contribution in [0.25, 0.3) is 95.6 Å². The number of fused-ring (bicyclic) bond motifs is 3. The molecular formula is C49H32N6. The number of hydrogen-bond donors (Lipinski definition) is 0. The van der Waals surface area contributed by atoms with Gasteiger partial charge in [-0.3, -0.25) is 0 Å². The molecule has 3 aromatic heterocycles. The zero-order chi connectivity index (χ0) is 36.6. The number of para-hydroxylation sites is 2. The summed E-state index contributed by atoms with van der Waals surface area (Å²) in [6.07, 6.45) is 0. The summed E-state index contributed by atoms with van der Waals surface area (Å²) in [4.78, 5) is 25.6. The van der Waals surface area contributed by atoms with Crippen molar-refractivity contribution in [1.29, 1.82) is 0 Å². The molecule has 258 valence electrons. The molecular weight excluding hydrogens is 673 g/mol. The van der Waals surface area contributed by atoms with E-state index in [2.05, 4.69) is 102 Å². The maximum absolute atomic E-state index is 5.32. The molecule has 0 N–H and O–H groups in total. The number of aromatic nitrogens is 6. The van der Waals surface area contributed by atoms with Crippen LogP contribution in [-0.2, 0) is 0 Å². The SMILES string of the molecule is c1ccc(-c2cc(-c3cc(-c4nc(-c5ccccc5)nc(-c5ccccc5)n4)ccc3-n3c4ccccc4c4ccccc43)nc(-c3ccccc3)n2)cc1. The molecule has 0 aliphatic heterocycles. The molecule has 10 rings (SSSR count). The molecule has 0 amide bonds. The first-order chi connectivity index (χ1) is 27.3. The van der Waals surface area contributed by atoms with Crippen LogP contribution >= 0.6 is 0 Å². The van der Waals surface area contributed by atoms with E-state index >= 15 is 0 Å². The first-order valence-corrected chi connectivity index (χ1v) is 18.3. The molecule has 0 spiro atoms. The fourth-order valence-corrected chi connectivity index (χ4v) is 7.25. The molecule has 0 aliphatic rings. The van der Waals surface area contributed by atoms with Crippen molar-refractivity contribution in [3.8, 4) is 73.8 Å². The zero-order valence-electron chi connectivity index (χ0n) is 29.7. The number of hydrogen-bond acceptors (Lipinski definition) is 5. The zero-order valence-corrected chi connectivity index (χ0v) is 29.7. The summed E-state index contributed by atoms with van der Waals surface area (Å²) in [7, 11) is 0. The molecule has 0 aliphatic carbocycles. The van der Waals surface area contributed by atoms with Gasteiger partial charge in [0.05, 0.1) is 28.1 Å². The highest BCUT2D eigenvalue weighted by Crippen LogP contribution is 2.39. The van der Waals surface area contributed by atoms with Crippen LogP contribution in [0, 0.1) is 0 Å². The highest BCUT2D eigenvalue weighted by molar-refractivity contribution is 6.09. The van der Waals surface area contributed by atoms with Gasteiger partial charge in [0.2, 0.25) is 0 Å². The van der Waals surface area contributed by atoms with Gasteiger partial charge in [-0.05, 0) is 36.4 Å². The topological polar surface area (TPSA) is 69.4 Å². The van der Waals surface area contributed by atoms with Crippen molar-refractivity contribution in [3.05, 3.63) is 194 Å². The summed E-state index contributed by atoms with van der Waals surface area (Å²) in [6, 6.07) is 66.3. The van der Waals surface area contributed by atoms with Crippen LogP contribution < -0.4 is 0 Å². The van der Waals surface area contributed by atoms with Gasteiger partial charge in [0.25, 0.3) is 0 Å². The molecule has 0 saturated heterocycles. The summed E-state index contributed by atoms with van der Waals surface area (Å²) in [5, 5.41) is 2.37. The van der Waals surface area contributed by atoms with Crippen molar-refractivity contribution in [3.63, 3.8) is 0 Å². The van der Waals surface area contributed by atoms with Gasteiger partial charge in [-0.15, -0.1) is 0 Å². The van der Waals surface area contributed by atoms with Crippen LogP contribution in [0.15, 0.2) is 194 Å². The molecule has 10 aromatic rings. The Balaban J connectivity index is 1.27. The molecule has 0 saturated carbocycles. The smallest absolute Gasteiger partial charge is 0.164 e. The highest BCUT2D eigenvalue weighted by atomic mass is 15.0. The van der Waals surface area contributed by atoms with Crippen LogP contribution in [-0.4, -0.2) is 29.5 Å². The Morgan fingerprint density at radius 2 is 0.691 bits per heavy atom. The number of benzene rings is 7. The Labute approximate surface area is 318 Å². The predicted molar refractivity (Wildman–Crippen MR) is 222 cm³/mol. The molecule has 7 aromatic carbocycles. The van der Waals surface area contributed by atoms with Gasteiger partial charge in [0.15, 0.2) is 23.3 Å². The summed E-state index contributed by atoms with van der Waals surface area (Å²) < 4.78 is 2.34. The lowest BCUT2D eigenvalue weighted by molar-refractivity contribution is 1.07. The standard InChI is InChI=1S/C49H32N6/c1-5-17-33(18-6-1)41-32-42(51-46(50-41)34-19-7-2-8-20-34)40-31-37(29-30-45(40)55-43-27-15-13-25-38(43)39-26-14-16-28-44(39)55)49-53-47(35-21-9-3-10-22-35)52-48(54-49)36-23-11-4-12-24-36/h1-32H. The number of nitrogens with zero attached hydrogens (tertiary/aromatic N) is 6.